The predicted molar refractivity (Wildman–Crippen MR) is 122 cm³/mol. The van der Waals surface area contributed by atoms with Gasteiger partial charge in [0.05, 0.1) is 24.4 Å². The second-order valence-corrected chi connectivity index (χ2v) is 10.1. The van der Waals surface area contributed by atoms with Gasteiger partial charge in [-0.2, -0.15) is 0 Å². The maximum absolute atomic E-state index is 13.7. The number of fused-ring (bicyclic) bond motifs is 5. The molecule has 2 aliphatic rings. The van der Waals surface area contributed by atoms with Crippen molar-refractivity contribution in [3.05, 3.63) is 76.2 Å². The van der Waals surface area contributed by atoms with Crippen molar-refractivity contribution in [3.8, 4) is 22.6 Å². The lowest BCUT2D eigenvalue weighted by atomic mass is 9.87. The van der Waals surface area contributed by atoms with Gasteiger partial charge in [-0.05, 0) is 64.1 Å². The van der Waals surface area contributed by atoms with E-state index in [-0.39, 0.29) is 4.90 Å². The highest BCUT2D eigenvalue weighted by Gasteiger charge is 2.32. The van der Waals surface area contributed by atoms with Crippen LogP contribution in [-0.4, -0.2) is 22.6 Å². The van der Waals surface area contributed by atoms with E-state index in [0.29, 0.717) is 17.9 Å². The topological polar surface area (TPSA) is 52.6 Å². The van der Waals surface area contributed by atoms with E-state index >= 15 is 0 Å². The average Bonchev–Trinajstić information content (AvgIpc) is 2.82. The molecule has 5 heteroatoms. The van der Waals surface area contributed by atoms with E-state index in [1.807, 2.05) is 6.07 Å². The minimum absolute atomic E-state index is 0.259. The van der Waals surface area contributed by atoms with Crippen molar-refractivity contribution in [1.82, 2.24) is 0 Å². The van der Waals surface area contributed by atoms with Crippen molar-refractivity contribution in [1.29, 1.82) is 0 Å². The second-order valence-electron chi connectivity index (χ2n) is 7.93. The van der Waals surface area contributed by atoms with Gasteiger partial charge in [0.25, 0.3) is 0 Å². The molecule has 4 nitrogen and oxygen atoms in total. The van der Waals surface area contributed by atoms with E-state index < -0.39 is 15.1 Å². The lowest BCUT2D eigenvalue weighted by Gasteiger charge is -2.24. The first-order valence-electron chi connectivity index (χ1n) is 10.4. The molecule has 0 fully saturated rings. The summed E-state index contributed by atoms with van der Waals surface area (Å²) >= 11 is 0. The molecular weight excluding hydrogens is 408 g/mol. The molecule has 0 saturated carbocycles. The van der Waals surface area contributed by atoms with Crippen LogP contribution in [0.4, 0.5) is 0 Å². The molecule has 0 N–H and O–H groups in total. The van der Waals surface area contributed by atoms with Crippen molar-refractivity contribution in [3.63, 3.8) is 0 Å². The van der Waals surface area contributed by atoms with Gasteiger partial charge in [0.1, 0.15) is 0 Å². The van der Waals surface area contributed by atoms with Gasteiger partial charge in [-0.1, -0.05) is 48.6 Å². The summed E-state index contributed by atoms with van der Waals surface area (Å²) in [6, 6.07) is 17.3. The normalized spacial score (nSPS) is 16.8. The molecule has 0 saturated heterocycles. The lowest BCUT2D eigenvalue weighted by molar-refractivity contribution is 0.354. The molecule has 5 rings (SSSR count). The zero-order valence-electron chi connectivity index (χ0n) is 17.6. The van der Waals surface area contributed by atoms with Gasteiger partial charge in [-0.25, -0.2) is 8.42 Å². The van der Waals surface area contributed by atoms with Crippen molar-refractivity contribution < 1.29 is 17.9 Å². The largest absolute Gasteiger partial charge is 0.493 e. The fraction of sp³-hybridized carbons (Fsp3) is 0.231. The summed E-state index contributed by atoms with van der Waals surface area (Å²) in [7, 11) is -0.538. The van der Waals surface area contributed by atoms with Crippen LogP contribution in [0.1, 0.15) is 29.2 Å². The minimum Gasteiger partial charge on any atom is -0.493 e. The molecule has 31 heavy (non-hydrogen) atoms. The summed E-state index contributed by atoms with van der Waals surface area (Å²) in [6.45, 7) is 0. The Bertz CT molecular complexity index is 1400. The van der Waals surface area contributed by atoms with Gasteiger partial charge in [-0.3, -0.25) is 0 Å². The van der Waals surface area contributed by atoms with Crippen molar-refractivity contribution >= 4 is 22.0 Å². The Labute approximate surface area is 182 Å². The standard InChI is InChI=1S/C26H24O4S/c1-29-24-15-11-18(16-25(24)30-2)31(27,28)26-9-5-8-20-22-12-10-17-6-3-4-7-19(17)21(22)13-14-23(20)26/h3-4,6-8,11-16,26H,5,9-10H2,1-2H3. The maximum atomic E-state index is 13.7. The number of ether oxygens (including phenoxy) is 2. The minimum atomic E-state index is -3.59. The molecule has 1 atom stereocenters. The fourth-order valence-electron chi connectivity index (χ4n) is 4.80. The Kier molecular flexibility index (Phi) is 4.86. The summed E-state index contributed by atoms with van der Waals surface area (Å²) in [4.78, 5) is 0.259. The van der Waals surface area contributed by atoms with E-state index in [9.17, 15) is 8.42 Å². The van der Waals surface area contributed by atoms with Crippen molar-refractivity contribution in [2.45, 2.75) is 29.4 Å². The summed E-state index contributed by atoms with van der Waals surface area (Å²) in [6.07, 6.45) is 6.59. The smallest absolute Gasteiger partial charge is 0.185 e. The van der Waals surface area contributed by atoms with Gasteiger partial charge in [0, 0.05) is 6.07 Å². The summed E-state index contributed by atoms with van der Waals surface area (Å²) < 4.78 is 37.9. The Balaban J connectivity index is 1.64. The van der Waals surface area contributed by atoms with Crippen LogP contribution in [0.25, 0.3) is 23.3 Å². The summed E-state index contributed by atoms with van der Waals surface area (Å²) in [5, 5.41) is 1.64. The number of rotatable bonds is 4. The van der Waals surface area contributed by atoms with Crippen molar-refractivity contribution in [2.75, 3.05) is 14.2 Å². The van der Waals surface area contributed by atoms with Crippen LogP contribution < -0.4 is 19.9 Å². The third-order valence-corrected chi connectivity index (χ3v) is 8.49. The SMILES string of the molecule is COc1ccc(S(=O)(=O)C2CCC=c3c2ccc2c3=CCc3ccccc3-2)cc1OC. The highest BCUT2D eigenvalue weighted by atomic mass is 32.2. The Hall–Kier alpha value is -3.05. The predicted octanol–water partition coefficient (Wildman–Crippen LogP) is 3.80. The summed E-state index contributed by atoms with van der Waals surface area (Å²) in [5.74, 6) is 0.933. The molecule has 158 valence electrons. The van der Waals surface area contributed by atoms with E-state index in [1.54, 1.807) is 18.2 Å². The molecule has 3 aromatic carbocycles. The quantitative estimate of drug-likeness (QED) is 0.629. The molecule has 1 unspecified atom stereocenters. The fourth-order valence-corrected chi connectivity index (χ4v) is 6.65. The Morgan fingerprint density at radius 2 is 1.65 bits per heavy atom. The zero-order valence-corrected chi connectivity index (χ0v) is 18.4. The van der Waals surface area contributed by atoms with Crippen LogP contribution in [0.3, 0.4) is 0 Å². The van der Waals surface area contributed by atoms with Gasteiger partial charge >= 0.3 is 0 Å². The van der Waals surface area contributed by atoms with E-state index in [2.05, 4.69) is 42.5 Å². The highest BCUT2D eigenvalue weighted by molar-refractivity contribution is 7.91. The number of sulfone groups is 1. The Morgan fingerprint density at radius 1 is 0.839 bits per heavy atom. The van der Waals surface area contributed by atoms with E-state index in [1.165, 1.54) is 30.9 Å². The van der Waals surface area contributed by atoms with Crippen LogP contribution in [0.5, 0.6) is 11.5 Å². The highest BCUT2D eigenvalue weighted by Crippen LogP contribution is 2.37. The van der Waals surface area contributed by atoms with E-state index in [4.69, 9.17) is 9.47 Å². The molecule has 0 aliphatic heterocycles. The molecule has 0 aromatic heterocycles. The third kappa shape index (κ3) is 3.15. The number of hydrogen-bond donors (Lipinski definition) is 0. The Morgan fingerprint density at radius 3 is 2.45 bits per heavy atom. The molecule has 3 aromatic rings. The first-order valence-corrected chi connectivity index (χ1v) is 12.0. The first kappa shape index (κ1) is 19.9. The van der Waals surface area contributed by atoms with Gasteiger partial charge < -0.3 is 9.47 Å². The van der Waals surface area contributed by atoms with Crippen LogP contribution in [0.2, 0.25) is 0 Å². The molecule has 2 aliphatic carbocycles. The summed E-state index contributed by atoms with van der Waals surface area (Å²) in [5.41, 5.74) is 4.61. The van der Waals surface area contributed by atoms with Crippen molar-refractivity contribution in [2.24, 2.45) is 0 Å². The lowest BCUT2D eigenvalue weighted by Crippen LogP contribution is -2.37. The number of benzene rings is 3. The second kappa shape index (κ2) is 7.57. The zero-order chi connectivity index (χ0) is 21.6. The maximum Gasteiger partial charge on any atom is 0.185 e. The van der Waals surface area contributed by atoms with Crippen LogP contribution in [0, 0.1) is 0 Å². The molecule has 0 spiro atoms. The molecule has 0 bridgehead atoms. The molecule has 0 amide bonds. The molecule has 0 heterocycles. The van der Waals surface area contributed by atoms with Gasteiger partial charge in [0.15, 0.2) is 21.3 Å². The number of methoxy groups -OCH3 is 2. The van der Waals surface area contributed by atoms with E-state index in [0.717, 1.165) is 28.8 Å². The molecular formula is C26H24O4S. The monoisotopic (exact) mass is 432 g/mol. The van der Waals surface area contributed by atoms with Crippen LogP contribution in [0.15, 0.2) is 59.5 Å². The van der Waals surface area contributed by atoms with Gasteiger partial charge in [0.2, 0.25) is 0 Å². The van der Waals surface area contributed by atoms with Gasteiger partial charge in [-0.15, -0.1) is 0 Å². The van der Waals surface area contributed by atoms with Crippen LogP contribution in [-0.2, 0) is 16.3 Å². The first-order chi connectivity index (χ1) is 15.0. The molecule has 0 radical (unpaired) electrons. The average molecular weight is 433 g/mol. The number of hydrogen-bond acceptors (Lipinski definition) is 4. The van der Waals surface area contributed by atoms with Crippen LogP contribution >= 0.6 is 0 Å². The third-order valence-electron chi connectivity index (χ3n) is 6.34.